The summed E-state index contributed by atoms with van der Waals surface area (Å²) in [5, 5.41) is 3.79. The molecule has 1 aromatic heterocycles. The lowest BCUT2D eigenvalue weighted by Gasteiger charge is -2.15. The van der Waals surface area contributed by atoms with Crippen LogP contribution < -0.4 is 10.6 Å². The third-order valence-corrected chi connectivity index (χ3v) is 8.34. The summed E-state index contributed by atoms with van der Waals surface area (Å²) in [5.41, 5.74) is 3.64. The van der Waals surface area contributed by atoms with Gasteiger partial charge in [-0.2, -0.15) is 0 Å². The molecule has 25 heavy (non-hydrogen) atoms. The normalized spacial score (nSPS) is 15.5. The van der Waals surface area contributed by atoms with E-state index in [1.54, 1.807) is 0 Å². The third kappa shape index (κ3) is 3.36. The number of carbonyl (C=O) groups is 1. The zero-order valence-electron chi connectivity index (χ0n) is 15.1. The van der Waals surface area contributed by atoms with Gasteiger partial charge in [0.25, 0.3) is 5.91 Å². The summed E-state index contributed by atoms with van der Waals surface area (Å²) >= 11 is 0. The first-order valence-corrected chi connectivity index (χ1v) is 10.9. The summed E-state index contributed by atoms with van der Waals surface area (Å²) in [6.45, 7) is 3.94. The van der Waals surface area contributed by atoms with Crippen molar-refractivity contribution in [3.05, 3.63) is 53.9 Å². The Morgan fingerprint density at radius 3 is 2.60 bits per heavy atom. The second-order valence-corrected chi connectivity index (χ2v) is 10.0. The van der Waals surface area contributed by atoms with Crippen LogP contribution in [0.25, 0.3) is 5.57 Å². The van der Waals surface area contributed by atoms with Crippen molar-refractivity contribution in [2.45, 2.75) is 26.7 Å². The van der Waals surface area contributed by atoms with E-state index in [0.29, 0.717) is 17.9 Å². The van der Waals surface area contributed by atoms with Crippen LogP contribution >= 0.6 is 7.14 Å². The fourth-order valence-corrected chi connectivity index (χ4v) is 5.23. The van der Waals surface area contributed by atoms with E-state index in [2.05, 4.69) is 16.0 Å². The number of carbonyl (C=O) groups excluding carboxylic acids is 1. The molecule has 5 heteroatoms. The van der Waals surface area contributed by atoms with E-state index >= 15 is 0 Å². The number of nitrogens with zero attached hydrogens (tertiary/aromatic N) is 1. The predicted molar refractivity (Wildman–Crippen MR) is 105 cm³/mol. The van der Waals surface area contributed by atoms with Gasteiger partial charge in [0.05, 0.1) is 0 Å². The van der Waals surface area contributed by atoms with E-state index in [1.165, 1.54) is 5.69 Å². The standard InChI is InChI=1S/C20H25N2O2P/c1-4-25(24,5-2)16-11-12-19-18(14-16)17(20(23)21-19)10-6-8-15-9-7-13-22(15)3/h7,9-14H,4-6,8H2,1-3H3,(H,21,23)/b17-10-. The van der Waals surface area contributed by atoms with Crippen LogP contribution in [0, 0.1) is 0 Å². The predicted octanol–water partition coefficient (Wildman–Crippen LogP) is 4.02. The van der Waals surface area contributed by atoms with Gasteiger partial charge in [-0.1, -0.05) is 19.9 Å². The minimum Gasteiger partial charge on any atom is -0.354 e. The molecule has 0 radical (unpaired) electrons. The Morgan fingerprint density at radius 1 is 1.20 bits per heavy atom. The summed E-state index contributed by atoms with van der Waals surface area (Å²) in [6.07, 6.45) is 7.01. The van der Waals surface area contributed by atoms with E-state index in [1.807, 2.05) is 57.4 Å². The molecule has 1 amide bonds. The van der Waals surface area contributed by atoms with E-state index < -0.39 is 7.14 Å². The molecule has 1 N–H and O–H groups in total. The van der Waals surface area contributed by atoms with Crippen LogP contribution in [0.15, 0.2) is 42.6 Å². The molecular formula is C20H25N2O2P. The van der Waals surface area contributed by atoms with E-state index in [-0.39, 0.29) is 5.91 Å². The molecule has 1 aliphatic heterocycles. The maximum absolute atomic E-state index is 13.0. The van der Waals surface area contributed by atoms with Gasteiger partial charge in [0.1, 0.15) is 7.14 Å². The molecule has 0 saturated carbocycles. The van der Waals surface area contributed by atoms with Gasteiger partial charge in [-0.05, 0) is 43.2 Å². The highest BCUT2D eigenvalue weighted by molar-refractivity contribution is 7.71. The Kier molecular flexibility index (Phi) is 5.01. The number of hydrogen-bond donors (Lipinski definition) is 1. The first kappa shape index (κ1) is 17.8. The lowest BCUT2D eigenvalue weighted by Crippen LogP contribution is -2.09. The second-order valence-electron chi connectivity index (χ2n) is 6.47. The Morgan fingerprint density at radius 2 is 1.96 bits per heavy atom. The number of aromatic nitrogens is 1. The number of fused-ring (bicyclic) bond motifs is 1. The molecule has 2 aromatic rings. The molecule has 0 saturated heterocycles. The van der Waals surface area contributed by atoms with Gasteiger partial charge in [0.15, 0.2) is 0 Å². The molecular weight excluding hydrogens is 331 g/mol. The first-order chi connectivity index (χ1) is 12.0. The van der Waals surface area contributed by atoms with Crippen molar-refractivity contribution in [1.29, 1.82) is 0 Å². The number of allylic oxidation sites excluding steroid dienone is 1. The molecule has 0 spiro atoms. The van der Waals surface area contributed by atoms with Gasteiger partial charge < -0.3 is 14.4 Å². The molecule has 4 nitrogen and oxygen atoms in total. The zero-order chi connectivity index (χ0) is 18.0. The van der Waals surface area contributed by atoms with Crippen molar-refractivity contribution in [2.24, 2.45) is 7.05 Å². The fourth-order valence-electron chi connectivity index (χ4n) is 3.34. The Labute approximate surface area is 149 Å². The molecule has 0 bridgehead atoms. The van der Waals surface area contributed by atoms with Crippen LogP contribution in [0.2, 0.25) is 0 Å². The van der Waals surface area contributed by atoms with Gasteiger partial charge in [0, 0.05) is 53.4 Å². The number of amides is 1. The number of aryl methyl sites for hydroxylation is 2. The molecule has 0 atom stereocenters. The summed E-state index contributed by atoms with van der Waals surface area (Å²) in [7, 11) is -0.326. The molecule has 1 aromatic carbocycles. The van der Waals surface area contributed by atoms with Gasteiger partial charge >= 0.3 is 0 Å². The largest absolute Gasteiger partial charge is 0.354 e. The fraction of sp³-hybridized carbons (Fsp3) is 0.350. The Hall–Kier alpha value is -2.06. The van der Waals surface area contributed by atoms with Crippen molar-refractivity contribution in [3.8, 4) is 0 Å². The highest BCUT2D eigenvalue weighted by Gasteiger charge is 2.27. The first-order valence-electron chi connectivity index (χ1n) is 8.83. The highest BCUT2D eigenvalue weighted by atomic mass is 31.2. The van der Waals surface area contributed by atoms with Crippen LogP contribution in [0.5, 0.6) is 0 Å². The average molecular weight is 356 g/mol. The molecule has 0 fully saturated rings. The lowest BCUT2D eigenvalue weighted by atomic mass is 10.1. The maximum atomic E-state index is 13.0. The van der Waals surface area contributed by atoms with Gasteiger partial charge in [0.2, 0.25) is 0 Å². The van der Waals surface area contributed by atoms with Crippen LogP contribution in [0.1, 0.15) is 31.5 Å². The smallest absolute Gasteiger partial charge is 0.256 e. The summed E-state index contributed by atoms with van der Waals surface area (Å²) < 4.78 is 15.1. The van der Waals surface area contributed by atoms with E-state index in [0.717, 1.165) is 29.4 Å². The second kappa shape index (κ2) is 7.05. The van der Waals surface area contributed by atoms with Crippen molar-refractivity contribution in [1.82, 2.24) is 4.57 Å². The lowest BCUT2D eigenvalue weighted by molar-refractivity contribution is -0.110. The summed E-state index contributed by atoms with van der Waals surface area (Å²) in [4.78, 5) is 12.3. The summed E-state index contributed by atoms with van der Waals surface area (Å²) in [5.74, 6) is -0.0677. The van der Waals surface area contributed by atoms with Gasteiger partial charge in [-0.3, -0.25) is 4.79 Å². The van der Waals surface area contributed by atoms with Crippen LogP contribution in [-0.4, -0.2) is 22.8 Å². The molecule has 3 rings (SSSR count). The molecule has 0 aliphatic carbocycles. The monoisotopic (exact) mass is 356 g/mol. The van der Waals surface area contributed by atoms with Crippen LogP contribution in [-0.2, 0) is 22.8 Å². The van der Waals surface area contributed by atoms with E-state index in [4.69, 9.17) is 0 Å². The van der Waals surface area contributed by atoms with Crippen molar-refractivity contribution in [2.75, 3.05) is 17.6 Å². The SMILES string of the molecule is CCP(=O)(CC)c1ccc2c(c1)/C(=C/CCc1cccn1C)C(=O)N2. The quantitative estimate of drug-likeness (QED) is 0.628. The molecule has 1 aliphatic rings. The number of nitrogens with one attached hydrogen (secondary N) is 1. The third-order valence-electron chi connectivity index (χ3n) is 5.08. The molecule has 2 heterocycles. The highest BCUT2D eigenvalue weighted by Crippen LogP contribution is 2.45. The number of rotatable bonds is 6. The van der Waals surface area contributed by atoms with Crippen molar-refractivity contribution in [3.63, 3.8) is 0 Å². The Bertz CT molecular complexity index is 872. The molecule has 132 valence electrons. The van der Waals surface area contributed by atoms with E-state index in [9.17, 15) is 9.36 Å². The minimum atomic E-state index is -2.35. The number of hydrogen-bond acceptors (Lipinski definition) is 2. The topological polar surface area (TPSA) is 51.1 Å². The van der Waals surface area contributed by atoms with Crippen molar-refractivity contribution >= 4 is 29.6 Å². The van der Waals surface area contributed by atoms with Crippen molar-refractivity contribution < 1.29 is 9.36 Å². The summed E-state index contributed by atoms with van der Waals surface area (Å²) in [6, 6.07) is 9.87. The van der Waals surface area contributed by atoms with Gasteiger partial charge in [-0.15, -0.1) is 0 Å². The maximum Gasteiger partial charge on any atom is 0.256 e. The van der Waals surface area contributed by atoms with Crippen LogP contribution in [0.3, 0.4) is 0 Å². The number of anilines is 1. The Balaban J connectivity index is 1.88. The van der Waals surface area contributed by atoms with Crippen LogP contribution in [0.4, 0.5) is 5.69 Å². The average Bonchev–Trinajstić information content (AvgIpc) is 3.17. The number of benzene rings is 1. The van der Waals surface area contributed by atoms with Gasteiger partial charge in [-0.25, -0.2) is 0 Å². The minimum absolute atomic E-state index is 0.0677. The zero-order valence-corrected chi connectivity index (χ0v) is 16.0. The molecule has 0 unspecified atom stereocenters.